The third-order valence-electron chi connectivity index (χ3n) is 2.15. The molecule has 0 saturated carbocycles. The zero-order valence-corrected chi connectivity index (χ0v) is 7.75. The number of carboxylic acids is 1. The van der Waals surface area contributed by atoms with Gasteiger partial charge in [-0.3, -0.25) is 9.80 Å². The van der Waals surface area contributed by atoms with Crippen molar-refractivity contribution in [2.45, 2.75) is 12.6 Å². The number of rotatable bonds is 3. The summed E-state index contributed by atoms with van der Waals surface area (Å²) >= 11 is 0. The quantitative estimate of drug-likeness (QED) is 0.586. The van der Waals surface area contributed by atoms with E-state index in [9.17, 15) is 4.79 Å². The van der Waals surface area contributed by atoms with Gasteiger partial charge in [0.2, 0.25) is 0 Å². The van der Waals surface area contributed by atoms with Crippen LogP contribution in [0.5, 0.6) is 0 Å². The van der Waals surface area contributed by atoms with Gasteiger partial charge in [0.15, 0.2) is 5.66 Å². The molecule has 0 aliphatic heterocycles. The second-order valence-electron chi connectivity index (χ2n) is 3.11. The molecule has 0 spiro atoms. The van der Waals surface area contributed by atoms with E-state index < -0.39 is 11.6 Å². The van der Waals surface area contributed by atoms with Gasteiger partial charge in [0.05, 0.1) is 0 Å². The van der Waals surface area contributed by atoms with E-state index in [1.54, 1.807) is 44.9 Å². The third-order valence-corrected chi connectivity index (χ3v) is 2.15. The van der Waals surface area contributed by atoms with E-state index in [0.29, 0.717) is 0 Å². The van der Waals surface area contributed by atoms with Crippen LogP contribution in [0.3, 0.4) is 0 Å². The molecule has 0 aliphatic rings. The van der Waals surface area contributed by atoms with E-state index >= 15 is 0 Å². The van der Waals surface area contributed by atoms with Crippen LogP contribution in [-0.2, 0) is 4.79 Å². The monoisotopic (exact) mass is 160 g/mol. The van der Waals surface area contributed by atoms with Gasteiger partial charge >= 0.3 is 5.97 Å². The van der Waals surface area contributed by atoms with Crippen molar-refractivity contribution < 1.29 is 9.90 Å². The van der Waals surface area contributed by atoms with E-state index in [1.807, 2.05) is 0 Å². The molecule has 0 aromatic heterocycles. The Morgan fingerprint density at radius 3 is 1.45 bits per heavy atom. The molecule has 66 valence electrons. The van der Waals surface area contributed by atoms with Crippen LogP contribution in [0.1, 0.15) is 6.92 Å². The number of nitrogens with zero attached hydrogens (tertiary/aromatic N) is 2. The Balaban J connectivity index is 4.67. The fourth-order valence-electron chi connectivity index (χ4n) is 0.783. The molecule has 0 amide bonds. The highest BCUT2D eigenvalue weighted by molar-refractivity contribution is 5.77. The highest BCUT2D eigenvalue weighted by Crippen LogP contribution is 2.13. The molecule has 0 aromatic carbocycles. The maximum Gasteiger partial charge on any atom is 0.339 e. The molecule has 0 bridgehead atoms. The smallest absolute Gasteiger partial charge is 0.339 e. The molecule has 4 nitrogen and oxygen atoms in total. The summed E-state index contributed by atoms with van der Waals surface area (Å²) in [6.45, 7) is 1.66. The molecule has 0 atom stereocenters. The Morgan fingerprint density at radius 1 is 1.18 bits per heavy atom. The lowest BCUT2D eigenvalue weighted by Gasteiger charge is -2.37. The maximum absolute atomic E-state index is 10.8. The molecule has 0 rings (SSSR count). The molecule has 0 radical (unpaired) electrons. The molecular formula is C7H16N2O2. The van der Waals surface area contributed by atoms with Crippen molar-refractivity contribution in [2.75, 3.05) is 28.2 Å². The Labute approximate surface area is 67.4 Å². The van der Waals surface area contributed by atoms with E-state index in [1.165, 1.54) is 0 Å². The summed E-state index contributed by atoms with van der Waals surface area (Å²) in [5.41, 5.74) is -0.917. The van der Waals surface area contributed by atoms with Crippen LogP contribution in [0.15, 0.2) is 0 Å². The van der Waals surface area contributed by atoms with E-state index in [-0.39, 0.29) is 0 Å². The lowest BCUT2D eigenvalue weighted by molar-refractivity contribution is -0.159. The van der Waals surface area contributed by atoms with Crippen molar-refractivity contribution in [1.29, 1.82) is 0 Å². The molecule has 0 aliphatic carbocycles. The molecule has 0 heterocycles. The number of carboxylic acid groups (broad SMARTS) is 1. The molecule has 0 aromatic rings. The van der Waals surface area contributed by atoms with Gasteiger partial charge in [-0.25, -0.2) is 4.79 Å². The summed E-state index contributed by atoms with van der Waals surface area (Å²) in [6.07, 6.45) is 0. The number of likely N-dealkylation sites (N-methyl/N-ethyl adjacent to an activating group) is 2. The Kier molecular flexibility index (Phi) is 3.02. The van der Waals surface area contributed by atoms with Gasteiger partial charge in [-0.2, -0.15) is 0 Å². The fourth-order valence-corrected chi connectivity index (χ4v) is 0.783. The normalized spacial score (nSPS) is 12.6. The number of carbonyl (C=O) groups is 1. The first-order chi connectivity index (χ1) is 4.83. The Morgan fingerprint density at radius 2 is 1.45 bits per heavy atom. The number of aliphatic carboxylic acids is 1. The predicted octanol–water partition coefficient (Wildman–Crippen LogP) is -0.0896. The summed E-state index contributed by atoms with van der Waals surface area (Å²) in [7, 11) is 6.98. The van der Waals surface area contributed by atoms with E-state index in [2.05, 4.69) is 0 Å². The van der Waals surface area contributed by atoms with Crippen molar-refractivity contribution in [3.63, 3.8) is 0 Å². The van der Waals surface area contributed by atoms with Gasteiger partial charge in [0.1, 0.15) is 0 Å². The minimum absolute atomic E-state index is 0.840. The Bertz CT molecular complexity index is 147. The standard InChI is InChI=1S/C7H16N2O2/c1-7(6(10)11,8(2)3)9(4)5/h1-5H3,(H,10,11). The van der Waals surface area contributed by atoms with Crippen LogP contribution in [0, 0.1) is 0 Å². The van der Waals surface area contributed by atoms with Gasteiger partial charge < -0.3 is 5.11 Å². The van der Waals surface area contributed by atoms with Crippen LogP contribution >= 0.6 is 0 Å². The lowest BCUT2D eigenvalue weighted by atomic mass is 10.1. The van der Waals surface area contributed by atoms with Crippen molar-refractivity contribution >= 4 is 5.97 Å². The summed E-state index contributed by atoms with van der Waals surface area (Å²) in [5, 5.41) is 8.89. The van der Waals surface area contributed by atoms with Crippen molar-refractivity contribution in [3.8, 4) is 0 Å². The lowest BCUT2D eigenvalue weighted by Crippen LogP contribution is -2.58. The third kappa shape index (κ3) is 1.70. The zero-order valence-electron chi connectivity index (χ0n) is 7.75. The summed E-state index contributed by atoms with van der Waals surface area (Å²) in [5.74, 6) is -0.840. The van der Waals surface area contributed by atoms with E-state index in [0.717, 1.165) is 0 Å². The first kappa shape index (κ1) is 10.4. The Hall–Kier alpha value is -0.610. The van der Waals surface area contributed by atoms with Crippen molar-refractivity contribution in [2.24, 2.45) is 0 Å². The topological polar surface area (TPSA) is 43.8 Å². The van der Waals surface area contributed by atoms with Crippen LogP contribution in [0.2, 0.25) is 0 Å². The molecule has 0 fully saturated rings. The van der Waals surface area contributed by atoms with Gasteiger partial charge in [-0.15, -0.1) is 0 Å². The van der Waals surface area contributed by atoms with Crippen LogP contribution in [0.4, 0.5) is 0 Å². The van der Waals surface area contributed by atoms with Gasteiger partial charge in [0, 0.05) is 0 Å². The first-order valence-corrected chi connectivity index (χ1v) is 3.41. The summed E-state index contributed by atoms with van der Waals surface area (Å²) < 4.78 is 0. The zero-order chi connectivity index (χ0) is 9.23. The summed E-state index contributed by atoms with van der Waals surface area (Å²) in [4.78, 5) is 14.1. The maximum atomic E-state index is 10.8. The molecule has 0 saturated heterocycles. The minimum atomic E-state index is -0.917. The predicted molar refractivity (Wildman–Crippen MR) is 43.4 cm³/mol. The van der Waals surface area contributed by atoms with E-state index in [4.69, 9.17) is 5.11 Å². The molecule has 11 heavy (non-hydrogen) atoms. The second kappa shape index (κ2) is 3.19. The second-order valence-corrected chi connectivity index (χ2v) is 3.11. The molecular weight excluding hydrogens is 144 g/mol. The molecule has 1 N–H and O–H groups in total. The van der Waals surface area contributed by atoms with Gasteiger partial charge in [-0.1, -0.05) is 0 Å². The largest absolute Gasteiger partial charge is 0.479 e. The average molecular weight is 160 g/mol. The fraction of sp³-hybridized carbons (Fsp3) is 0.857. The first-order valence-electron chi connectivity index (χ1n) is 3.41. The SMILES string of the molecule is CN(C)C(C)(C(=O)O)N(C)C. The summed E-state index contributed by atoms with van der Waals surface area (Å²) in [6, 6.07) is 0. The highest BCUT2D eigenvalue weighted by Gasteiger charge is 2.37. The van der Waals surface area contributed by atoms with Gasteiger partial charge in [-0.05, 0) is 35.1 Å². The minimum Gasteiger partial charge on any atom is -0.479 e. The van der Waals surface area contributed by atoms with Gasteiger partial charge in [0.25, 0.3) is 0 Å². The van der Waals surface area contributed by atoms with Crippen LogP contribution < -0.4 is 0 Å². The highest BCUT2D eigenvalue weighted by atomic mass is 16.4. The number of hydrogen-bond donors (Lipinski definition) is 1. The molecule has 4 heteroatoms. The number of hydrogen-bond acceptors (Lipinski definition) is 3. The van der Waals surface area contributed by atoms with Crippen molar-refractivity contribution in [3.05, 3.63) is 0 Å². The average Bonchev–Trinajstić information content (AvgIpc) is 1.84. The van der Waals surface area contributed by atoms with Crippen LogP contribution in [0.25, 0.3) is 0 Å². The van der Waals surface area contributed by atoms with Crippen molar-refractivity contribution in [1.82, 2.24) is 9.80 Å². The molecule has 0 unspecified atom stereocenters. The van der Waals surface area contributed by atoms with Crippen LogP contribution in [-0.4, -0.2) is 54.7 Å².